The number of rotatable bonds is 77. The fraction of sp³-hybridized carbons (Fsp3) is 0.950. The van der Waals surface area contributed by atoms with Crippen LogP contribution in [0, 0.1) is 23.7 Å². The van der Waals surface area contributed by atoms with Crippen LogP contribution in [0.5, 0.6) is 0 Å². The zero-order valence-corrected chi connectivity index (χ0v) is 66.9. The van der Waals surface area contributed by atoms with Crippen LogP contribution in [-0.2, 0) is 65.4 Å². The quantitative estimate of drug-likeness (QED) is 0.0222. The third-order valence-corrected chi connectivity index (χ3v) is 21.2. The second-order valence-electron chi connectivity index (χ2n) is 30.2. The number of phosphoric acid groups is 2. The molecule has 0 rings (SSSR count). The van der Waals surface area contributed by atoms with Gasteiger partial charge in [0.2, 0.25) is 0 Å². The van der Waals surface area contributed by atoms with E-state index in [1.165, 1.54) is 205 Å². The van der Waals surface area contributed by atoms with Crippen molar-refractivity contribution >= 4 is 39.5 Å². The average Bonchev–Trinajstić information content (AvgIpc) is 1.01. The minimum absolute atomic E-state index is 0.106. The summed E-state index contributed by atoms with van der Waals surface area (Å²) in [5.74, 6) is 1.02. The van der Waals surface area contributed by atoms with E-state index in [0.717, 1.165) is 114 Å². The molecular weight excluding hydrogens is 1290 g/mol. The summed E-state index contributed by atoms with van der Waals surface area (Å²) in [4.78, 5) is 72.9. The van der Waals surface area contributed by atoms with Crippen molar-refractivity contribution in [3.63, 3.8) is 0 Å². The van der Waals surface area contributed by atoms with E-state index >= 15 is 0 Å². The lowest BCUT2D eigenvalue weighted by atomic mass is 9.99. The molecule has 17 nitrogen and oxygen atoms in total. The van der Waals surface area contributed by atoms with Crippen molar-refractivity contribution in [3.05, 3.63) is 0 Å². The van der Waals surface area contributed by atoms with Crippen molar-refractivity contribution in [3.8, 4) is 0 Å². The van der Waals surface area contributed by atoms with Gasteiger partial charge in [-0.1, -0.05) is 357 Å². The summed E-state index contributed by atoms with van der Waals surface area (Å²) < 4.78 is 68.6. The number of ether oxygens (including phenoxy) is 4. The maximum absolute atomic E-state index is 13.1. The normalized spacial score (nSPS) is 14.6. The molecule has 0 amide bonds. The minimum Gasteiger partial charge on any atom is -0.462 e. The highest BCUT2D eigenvalue weighted by Crippen LogP contribution is 2.45. The van der Waals surface area contributed by atoms with E-state index in [-0.39, 0.29) is 25.7 Å². The topological polar surface area (TPSA) is 237 Å². The number of aliphatic hydroxyl groups is 1. The maximum Gasteiger partial charge on any atom is 0.472 e. The fourth-order valence-corrected chi connectivity index (χ4v) is 13.8. The van der Waals surface area contributed by atoms with E-state index in [2.05, 4.69) is 55.4 Å². The van der Waals surface area contributed by atoms with E-state index in [9.17, 15) is 43.2 Å². The summed E-state index contributed by atoms with van der Waals surface area (Å²) in [7, 11) is -9.92. The van der Waals surface area contributed by atoms with Crippen molar-refractivity contribution < 1.29 is 80.2 Å². The number of carbonyl (C=O) groups excluding carboxylic acids is 4. The third kappa shape index (κ3) is 71.5. The molecule has 0 aliphatic heterocycles. The summed E-state index contributed by atoms with van der Waals surface area (Å²) in [5.41, 5.74) is 0. The lowest BCUT2D eigenvalue weighted by Crippen LogP contribution is -2.30. The lowest BCUT2D eigenvalue weighted by molar-refractivity contribution is -0.161. The van der Waals surface area contributed by atoms with Crippen molar-refractivity contribution in [2.24, 2.45) is 23.7 Å². The Kier molecular flexibility index (Phi) is 67.8. The number of aliphatic hydroxyl groups excluding tert-OH is 1. The van der Waals surface area contributed by atoms with E-state index in [0.29, 0.717) is 31.6 Å². The van der Waals surface area contributed by atoms with Crippen LogP contribution >= 0.6 is 15.6 Å². The smallest absolute Gasteiger partial charge is 0.462 e. The monoisotopic (exact) mass is 1450 g/mol. The third-order valence-electron chi connectivity index (χ3n) is 19.3. The molecule has 0 aromatic heterocycles. The summed E-state index contributed by atoms with van der Waals surface area (Å²) >= 11 is 0. The molecule has 4 unspecified atom stereocenters. The van der Waals surface area contributed by atoms with Gasteiger partial charge in [-0.2, -0.15) is 0 Å². The first-order chi connectivity index (χ1) is 47.7. The number of phosphoric ester groups is 2. The standard InChI is InChI=1S/C80H156O17P2/c1-9-72(7)58-50-42-33-27-21-15-11-13-17-23-29-35-44-52-60-77(82)90-66-75(96-80(85)63-55-47-37-31-25-19-20-26-32-40-48-56-70(3)4)68-94-98(86,87)92-64-74(81)65-93-99(88,89)95-69-76(67-91-78(83)61-53-45-39-38-41-49-57-71(5)6)97-79(84)62-54-46-36-30-24-18-14-12-16-22-28-34-43-51-59-73(8)10-2/h70-76,81H,9-69H2,1-8H3,(H,86,87)(H,88,89)/t72?,73?,74-,75-,76-/m1/s1. The molecule has 0 aliphatic carbocycles. The Morgan fingerprint density at radius 1 is 0.283 bits per heavy atom. The molecule has 0 heterocycles. The van der Waals surface area contributed by atoms with Crippen LogP contribution in [0.2, 0.25) is 0 Å². The molecule has 0 radical (unpaired) electrons. The number of hydrogen-bond acceptors (Lipinski definition) is 15. The van der Waals surface area contributed by atoms with Crippen molar-refractivity contribution in [2.45, 2.75) is 427 Å². The van der Waals surface area contributed by atoms with Gasteiger partial charge in [0.15, 0.2) is 12.2 Å². The summed E-state index contributed by atoms with van der Waals surface area (Å²) in [5, 5.41) is 10.6. The van der Waals surface area contributed by atoms with E-state index in [1.807, 2.05) is 0 Å². The van der Waals surface area contributed by atoms with E-state index in [4.69, 9.17) is 37.0 Å². The molecule has 0 aromatic rings. The van der Waals surface area contributed by atoms with Gasteiger partial charge >= 0.3 is 39.5 Å². The number of unbranched alkanes of at least 4 members (excludes halogenated alkanes) is 41. The Balaban J connectivity index is 5.22. The molecule has 0 aromatic carbocycles. The van der Waals surface area contributed by atoms with E-state index < -0.39 is 97.5 Å². The van der Waals surface area contributed by atoms with Gasteiger partial charge in [-0.3, -0.25) is 37.3 Å². The first kappa shape index (κ1) is 97.1. The number of carbonyl (C=O) groups is 4. The highest BCUT2D eigenvalue weighted by molar-refractivity contribution is 7.47. The second-order valence-corrected chi connectivity index (χ2v) is 33.1. The van der Waals surface area contributed by atoms with Gasteiger partial charge in [0.05, 0.1) is 26.4 Å². The van der Waals surface area contributed by atoms with E-state index in [1.54, 1.807) is 0 Å². The highest BCUT2D eigenvalue weighted by Gasteiger charge is 2.30. The largest absolute Gasteiger partial charge is 0.472 e. The summed E-state index contributed by atoms with van der Waals surface area (Å²) in [6, 6.07) is 0. The van der Waals surface area contributed by atoms with Crippen LogP contribution in [0.15, 0.2) is 0 Å². The maximum atomic E-state index is 13.1. The molecule has 0 aliphatic rings. The number of hydrogen-bond donors (Lipinski definition) is 3. The van der Waals surface area contributed by atoms with Crippen LogP contribution < -0.4 is 0 Å². The molecule has 0 spiro atoms. The van der Waals surface area contributed by atoms with Gasteiger partial charge in [0.1, 0.15) is 19.3 Å². The average molecular weight is 1450 g/mol. The summed E-state index contributed by atoms with van der Waals surface area (Å²) in [6.07, 6.45) is 55.5. The van der Waals surface area contributed by atoms with Gasteiger partial charge in [-0.05, 0) is 49.4 Å². The van der Waals surface area contributed by atoms with Gasteiger partial charge in [0.25, 0.3) is 0 Å². The first-order valence-corrected chi connectivity index (χ1v) is 44.3. The fourth-order valence-electron chi connectivity index (χ4n) is 12.2. The minimum atomic E-state index is -4.96. The SMILES string of the molecule is CCC(C)CCCCCCCCCCCCCCCCC(=O)OC[C@H](COP(=O)(O)OC[C@@H](O)COP(=O)(O)OC[C@@H](COC(=O)CCCCCCCCC(C)C)OC(=O)CCCCCCCCCCCCCCCCC(C)CC)OC(=O)CCCCCCCCCCCCCC(C)C. The Hall–Kier alpha value is -1.94. The van der Waals surface area contributed by atoms with Gasteiger partial charge < -0.3 is 33.8 Å². The zero-order chi connectivity index (χ0) is 73.1. The highest BCUT2D eigenvalue weighted by atomic mass is 31.2. The molecule has 0 saturated heterocycles. The Bertz CT molecular complexity index is 1940. The summed E-state index contributed by atoms with van der Waals surface area (Å²) in [6.45, 7) is 14.3. The van der Waals surface area contributed by atoms with Gasteiger partial charge in [0, 0.05) is 25.7 Å². The van der Waals surface area contributed by atoms with Crippen molar-refractivity contribution in [1.29, 1.82) is 0 Å². The molecule has 3 N–H and O–H groups in total. The predicted octanol–water partition coefficient (Wildman–Crippen LogP) is 23.6. The molecule has 0 fully saturated rings. The molecule has 0 bridgehead atoms. The zero-order valence-electron chi connectivity index (χ0n) is 65.1. The van der Waals surface area contributed by atoms with Crippen LogP contribution in [0.3, 0.4) is 0 Å². The Morgan fingerprint density at radius 3 is 0.717 bits per heavy atom. The number of esters is 4. The second kappa shape index (κ2) is 69.1. The van der Waals surface area contributed by atoms with Crippen LogP contribution in [0.1, 0.15) is 409 Å². The van der Waals surface area contributed by atoms with Crippen LogP contribution in [0.4, 0.5) is 0 Å². The predicted molar refractivity (Wildman–Crippen MR) is 404 cm³/mol. The molecule has 19 heteroatoms. The van der Waals surface area contributed by atoms with Crippen LogP contribution in [0.25, 0.3) is 0 Å². The molecule has 7 atom stereocenters. The lowest BCUT2D eigenvalue weighted by Gasteiger charge is -2.21. The van der Waals surface area contributed by atoms with Crippen molar-refractivity contribution in [1.82, 2.24) is 0 Å². The molecule has 588 valence electrons. The molecule has 99 heavy (non-hydrogen) atoms. The van der Waals surface area contributed by atoms with Crippen molar-refractivity contribution in [2.75, 3.05) is 39.6 Å². The Morgan fingerprint density at radius 2 is 0.485 bits per heavy atom. The first-order valence-electron chi connectivity index (χ1n) is 41.3. The van der Waals surface area contributed by atoms with Gasteiger partial charge in [-0.15, -0.1) is 0 Å². The molecule has 0 saturated carbocycles. The van der Waals surface area contributed by atoms with Gasteiger partial charge in [-0.25, -0.2) is 9.13 Å². The Labute approximate surface area is 607 Å². The van der Waals surface area contributed by atoms with Crippen LogP contribution in [-0.4, -0.2) is 96.7 Å². The molecular formula is C80H156O17P2.